The van der Waals surface area contributed by atoms with Gasteiger partial charge in [0.25, 0.3) is 0 Å². The topological polar surface area (TPSA) is 66.8 Å². The molecule has 82 valence electrons. The highest BCUT2D eigenvalue weighted by atomic mass is 16.3. The van der Waals surface area contributed by atoms with Gasteiger partial charge in [-0.3, -0.25) is 9.98 Å². The maximum absolute atomic E-state index is 7.93. The van der Waals surface area contributed by atoms with E-state index in [1.165, 1.54) is 0 Å². The monoisotopic (exact) mass is 216 g/mol. The van der Waals surface area contributed by atoms with E-state index >= 15 is 0 Å². The van der Waals surface area contributed by atoms with E-state index in [0.717, 1.165) is 25.5 Å². The molecule has 2 N–H and O–H groups in total. The molecule has 3 heterocycles. The fourth-order valence-electron chi connectivity index (χ4n) is 1.88. The van der Waals surface area contributed by atoms with Gasteiger partial charge in [-0.2, -0.15) is 0 Å². The lowest BCUT2D eigenvalue weighted by molar-refractivity contribution is 0.567. The zero-order valence-electron chi connectivity index (χ0n) is 8.73. The minimum absolute atomic E-state index is 0.462. The first kappa shape index (κ1) is 9.21. The molecular formula is C11H12N4O. The Hall–Kier alpha value is -2.04. The highest BCUT2D eigenvalue weighted by Gasteiger charge is 2.12. The Balaban J connectivity index is 2.16. The number of aromatic nitrogens is 2. The standard InChI is InChI=1S/C11H12N4O/c12-10-7-8(9-3-1-6-16-9)14-11-13-4-2-5-15(10)11/h1,3,6-7,12H,2,4-5H2,(H,13,14). The quantitative estimate of drug-likeness (QED) is 0.758. The van der Waals surface area contributed by atoms with Crippen LogP contribution in [0, 0.1) is 5.41 Å². The van der Waals surface area contributed by atoms with E-state index in [1.54, 1.807) is 12.3 Å². The molecule has 1 aliphatic rings. The van der Waals surface area contributed by atoms with Crippen molar-refractivity contribution in [3.8, 4) is 11.5 Å². The van der Waals surface area contributed by atoms with E-state index < -0.39 is 0 Å². The highest BCUT2D eigenvalue weighted by molar-refractivity contribution is 5.53. The van der Waals surface area contributed by atoms with Gasteiger partial charge in [0.2, 0.25) is 5.95 Å². The molecule has 0 spiro atoms. The molecule has 16 heavy (non-hydrogen) atoms. The second-order valence-electron chi connectivity index (χ2n) is 3.76. The van der Waals surface area contributed by atoms with Gasteiger partial charge in [0, 0.05) is 19.2 Å². The van der Waals surface area contributed by atoms with Crippen LogP contribution in [0.3, 0.4) is 0 Å². The maximum atomic E-state index is 7.93. The highest BCUT2D eigenvalue weighted by Crippen LogP contribution is 2.18. The molecule has 3 rings (SSSR count). The first-order chi connectivity index (χ1) is 7.84. The molecule has 0 saturated carbocycles. The fourth-order valence-corrected chi connectivity index (χ4v) is 1.88. The lowest BCUT2D eigenvalue weighted by Crippen LogP contribution is -2.29. The third-order valence-corrected chi connectivity index (χ3v) is 2.66. The van der Waals surface area contributed by atoms with Crippen molar-refractivity contribution in [2.45, 2.75) is 13.0 Å². The van der Waals surface area contributed by atoms with Crippen molar-refractivity contribution in [1.82, 2.24) is 9.55 Å². The van der Waals surface area contributed by atoms with Crippen LogP contribution in [0.5, 0.6) is 0 Å². The Kier molecular flexibility index (Phi) is 2.02. The number of anilines is 1. The summed E-state index contributed by atoms with van der Waals surface area (Å²) in [6.45, 7) is 1.76. The molecule has 0 unspecified atom stereocenters. The molecule has 2 aromatic rings. The van der Waals surface area contributed by atoms with Crippen LogP contribution in [0.2, 0.25) is 0 Å². The summed E-state index contributed by atoms with van der Waals surface area (Å²) in [5, 5.41) is 11.1. The van der Waals surface area contributed by atoms with Gasteiger partial charge in [-0.15, -0.1) is 0 Å². The molecule has 0 radical (unpaired) electrons. The van der Waals surface area contributed by atoms with Crippen molar-refractivity contribution < 1.29 is 4.42 Å². The number of hydrogen-bond acceptors (Lipinski definition) is 4. The van der Waals surface area contributed by atoms with Crippen LogP contribution in [0.1, 0.15) is 6.42 Å². The zero-order chi connectivity index (χ0) is 11.0. The molecule has 0 amide bonds. The molecule has 1 aliphatic heterocycles. The Bertz CT molecular complexity index is 556. The van der Waals surface area contributed by atoms with E-state index in [9.17, 15) is 0 Å². The Morgan fingerprint density at radius 2 is 2.44 bits per heavy atom. The molecule has 0 saturated heterocycles. The molecule has 0 fully saturated rings. The summed E-state index contributed by atoms with van der Waals surface area (Å²) < 4.78 is 7.15. The van der Waals surface area contributed by atoms with Crippen molar-refractivity contribution in [2.75, 3.05) is 11.9 Å². The van der Waals surface area contributed by atoms with E-state index in [0.29, 0.717) is 16.9 Å². The normalized spacial score (nSPS) is 14.2. The lowest BCUT2D eigenvalue weighted by Gasteiger charge is -2.19. The third-order valence-electron chi connectivity index (χ3n) is 2.66. The van der Waals surface area contributed by atoms with Gasteiger partial charge < -0.3 is 9.73 Å². The predicted octanol–water partition coefficient (Wildman–Crippen LogP) is 1.44. The van der Waals surface area contributed by atoms with Crippen molar-refractivity contribution in [3.63, 3.8) is 0 Å². The molecule has 0 bridgehead atoms. The van der Waals surface area contributed by atoms with Gasteiger partial charge in [0.15, 0.2) is 5.76 Å². The van der Waals surface area contributed by atoms with Gasteiger partial charge in [-0.1, -0.05) is 0 Å². The summed E-state index contributed by atoms with van der Waals surface area (Å²) in [5.74, 6) is 1.45. The Labute approximate surface area is 92.3 Å². The number of hydrogen-bond donors (Lipinski definition) is 2. The maximum Gasteiger partial charge on any atom is 0.205 e. The van der Waals surface area contributed by atoms with Crippen LogP contribution in [-0.4, -0.2) is 16.1 Å². The van der Waals surface area contributed by atoms with Crippen LogP contribution < -0.4 is 10.8 Å². The molecule has 0 aliphatic carbocycles. The van der Waals surface area contributed by atoms with E-state index in [2.05, 4.69) is 10.3 Å². The predicted molar refractivity (Wildman–Crippen MR) is 58.9 cm³/mol. The number of fused-ring (bicyclic) bond motifs is 1. The largest absolute Gasteiger partial charge is 0.463 e. The summed E-state index contributed by atoms with van der Waals surface area (Å²) in [5.41, 5.74) is 1.17. The van der Waals surface area contributed by atoms with Gasteiger partial charge >= 0.3 is 0 Å². The summed E-state index contributed by atoms with van der Waals surface area (Å²) in [4.78, 5) is 4.45. The van der Waals surface area contributed by atoms with E-state index in [1.807, 2.05) is 16.7 Å². The number of nitrogens with one attached hydrogen (secondary N) is 2. The smallest absolute Gasteiger partial charge is 0.205 e. The second kappa shape index (κ2) is 3.52. The summed E-state index contributed by atoms with van der Waals surface area (Å²) in [6.07, 6.45) is 2.64. The van der Waals surface area contributed by atoms with Crippen LogP contribution in [0.25, 0.3) is 11.5 Å². The van der Waals surface area contributed by atoms with Crippen molar-refractivity contribution in [1.29, 1.82) is 5.41 Å². The minimum atomic E-state index is 0.462. The number of furan rings is 1. The van der Waals surface area contributed by atoms with Crippen molar-refractivity contribution in [3.05, 3.63) is 29.9 Å². The summed E-state index contributed by atoms with van der Waals surface area (Å²) >= 11 is 0. The van der Waals surface area contributed by atoms with E-state index in [4.69, 9.17) is 9.83 Å². The Morgan fingerprint density at radius 3 is 3.25 bits per heavy atom. The molecule has 0 aromatic carbocycles. The molecule has 5 heteroatoms. The molecule has 0 atom stereocenters. The molecular weight excluding hydrogens is 204 g/mol. The zero-order valence-corrected chi connectivity index (χ0v) is 8.73. The van der Waals surface area contributed by atoms with Crippen LogP contribution in [0.4, 0.5) is 5.95 Å². The van der Waals surface area contributed by atoms with Gasteiger partial charge in [0.1, 0.15) is 11.2 Å². The number of rotatable bonds is 1. The SMILES string of the molecule is N=c1cc(-c2ccco2)nc2n1CCCN2. The first-order valence-electron chi connectivity index (χ1n) is 5.29. The average Bonchev–Trinajstić information content (AvgIpc) is 2.82. The third kappa shape index (κ3) is 1.41. The van der Waals surface area contributed by atoms with Crippen LogP contribution in [-0.2, 0) is 6.54 Å². The molecule has 2 aromatic heterocycles. The minimum Gasteiger partial charge on any atom is -0.463 e. The molecule has 5 nitrogen and oxygen atoms in total. The van der Waals surface area contributed by atoms with Gasteiger partial charge in [0.05, 0.1) is 6.26 Å². The first-order valence-corrected chi connectivity index (χ1v) is 5.29. The summed E-state index contributed by atoms with van der Waals surface area (Å²) in [6, 6.07) is 5.40. The fraction of sp³-hybridized carbons (Fsp3) is 0.273. The Morgan fingerprint density at radius 1 is 1.50 bits per heavy atom. The van der Waals surface area contributed by atoms with Crippen LogP contribution >= 0.6 is 0 Å². The average molecular weight is 216 g/mol. The van der Waals surface area contributed by atoms with E-state index in [-0.39, 0.29) is 0 Å². The second-order valence-corrected chi connectivity index (χ2v) is 3.76. The summed E-state index contributed by atoms with van der Waals surface area (Å²) in [7, 11) is 0. The van der Waals surface area contributed by atoms with Gasteiger partial charge in [-0.25, -0.2) is 4.98 Å². The van der Waals surface area contributed by atoms with Crippen molar-refractivity contribution >= 4 is 5.95 Å². The van der Waals surface area contributed by atoms with Gasteiger partial charge in [-0.05, 0) is 18.6 Å². The lowest BCUT2D eigenvalue weighted by atomic mass is 10.3. The van der Waals surface area contributed by atoms with Crippen molar-refractivity contribution in [2.24, 2.45) is 0 Å². The number of nitrogens with zero attached hydrogens (tertiary/aromatic N) is 2. The van der Waals surface area contributed by atoms with Crippen LogP contribution in [0.15, 0.2) is 28.9 Å².